The summed E-state index contributed by atoms with van der Waals surface area (Å²) < 4.78 is 20.8. The highest BCUT2D eigenvalue weighted by molar-refractivity contribution is 9.09. The number of carbonyl (C=O) groups is 2. The zero-order valence-electron chi connectivity index (χ0n) is 13.2. The van der Waals surface area contributed by atoms with Crippen LogP contribution in [0, 0.1) is 0 Å². The molecule has 0 saturated heterocycles. The van der Waals surface area contributed by atoms with Crippen molar-refractivity contribution in [1.82, 2.24) is 0 Å². The van der Waals surface area contributed by atoms with Gasteiger partial charge in [-0.3, -0.25) is 0 Å². The highest BCUT2D eigenvalue weighted by atomic mass is 79.9. The lowest BCUT2D eigenvalue weighted by molar-refractivity contribution is -0.177. The monoisotopic (exact) mass is 388 g/mol. The van der Waals surface area contributed by atoms with Crippen LogP contribution in [0.5, 0.6) is 5.75 Å². The first-order chi connectivity index (χ1) is 11.1. The van der Waals surface area contributed by atoms with Crippen molar-refractivity contribution in [3.05, 3.63) is 30.3 Å². The quantitative estimate of drug-likeness (QED) is 0.348. The van der Waals surface area contributed by atoms with E-state index in [1.165, 1.54) is 0 Å². The molecule has 0 heterocycles. The molecule has 1 atom stereocenters. The van der Waals surface area contributed by atoms with Crippen molar-refractivity contribution in [3.8, 4) is 5.75 Å². The van der Waals surface area contributed by atoms with Crippen LogP contribution >= 0.6 is 15.9 Å². The number of benzene rings is 1. The predicted octanol–water partition coefficient (Wildman–Crippen LogP) is 2.34. The molecule has 1 unspecified atom stereocenters. The van der Waals surface area contributed by atoms with Crippen LogP contribution in [0.1, 0.15) is 13.8 Å². The van der Waals surface area contributed by atoms with Gasteiger partial charge in [0.25, 0.3) is 6.10 Å². The normalized spacial score (nSPS) is 11.8. The summed E-state index contributed by atoms with van der Waals surface area (Å²) in [5, 5.41) is 0.384. The van der Waals surface area contributed by atoms with Crippen LogP contribution < -0.4 is 4.74 Å². The number of ether oxygens (including phenoxy) is 4. The number of halogens is 1. The van der Waals surface area contributed by atoms with Crippen LogP contribution in [-0.4, -0.2) is 49.3 Å². The molecule has 1 rings (SSSR count). The van der Waals surface area contributed by atoms with E-state index in [0.29, 0.717) is 11.1 Å². The largest absolute Gasteiger partial charge is 0.491 e. The second-order valence-corrected chi connectivity index (χ2v) is 5.07. The molecule has 0 radical (unpaired) electrons. The number of hydrogen-bond donors (Lipinski definition) is 0. The molecule has 0 N–H and O–H groups in total. The smallest absolute Gasteiger partial charge is 0.347 e. The van der Waals surface area contributed by atoms with E-state index in [-0.39, 0.29) is 19.8 Å². The molecule has 0 aliphatic rings. The molecule has 1 aromatic rings. The Hall–Kier alpha value is -1.60. The fourth-order valence-electron chi connectivity index (χ4n) is 1.66. The maximum atomic E-state index is 11.9. The Bertz CT molecular complexity index is 461. The summed E-state index contributed by atoms with van der Waals surface area (Å²) in [6.45, 7) is 3.78. The highest BCUT2D eigenvalue weighted by Crippen LogP contribution is 2.12. The van der Waals surface area contributed by atoms with Crippen molar-refractivity contribution < 1.29 is 28.5 Å². The predicted molar refractivity (Wildman–Crippen MR) is 87.7 cm³/mol. The summed E-state index contributed by atoms with van der Waals surface area (Å²) in [4.78, 5) is 23.8. The summed E-state index contributed by atoms with van der Waals surface area (Å²) in [5.74, 6) is -0.862. The fraction of sp³-hybridized carbons (Fsp3) is 0.500. The van der Waals surface area contributed by atoms with E-state index < -0.39 is 24.1 Å². The van der Waals surface area contributed by atoms with Gasteiger partial charge < -0.3 is 18.9 Å². The molecule has 0 aliphatic heterocycles. The molecule has 23 heavy (non-hydrogen) atoms. The molecule has 1 aromatic carbocycles. The van der Waals surface area contributed by atoms with Crippen LogP contribution in [0.3, 0.4) is 0 Å². The lowest BCUT2D eigenvalue weighted by Crippen LogP contribution is -2.41. The van der Waals surface area contributed by atoms with Crippen molar-refractivity contribution in [2.75, 3.05) is 25.2 Å². The Labute approximate surface area is 144 Å². The summed E-state index contributed by atoms with van der Waals surface area (Å²) in [6.07, 6.45) is -1.94. The number of rotatable bonds is 10. The van der Waals surface area contributed by atoms with Gasteiger partial charge in [-0.15, -0.1) is 0 Å². The van der Waals surface area contributed by atoms with Crippen LogP contribution in [0.15, 0.2) is 30.3 Å². The van der Waals surface area contributed by atoms with Crippen molar-refractivity contribution in [1.29, 1.82) is 0 Å². The number of alkyl halides is 1. The first kappa shape index (κ1) is 19.4. The summed E-state index contributed by atoms with van der Waals surface area (Å²) in [7, 11) is 0. The molecule has 0 saturated carbocycles. The third-order valence-corrected chi connectivity index (χ3v) is 3.40. The zero-order valence-corrected chi connectivity index (χ0v) is 14.8. The second kappa shape index (κ2) is 11.0. The van der Waals surface area contributed by atoms with E-state index in [9.17, 15) is 9.59 Å². The Morgan fingerprint density at radius 1 is 1.04 bits per heavy atom. The number of hydrogen-bond acceptors (Lipinski definition) is 6. The van der Waals surface area contributed by atoms with Crippen molar-refractivity contribution >= 4 is 27.9 Å². The Kier molecular flexibility index (Phi) is 9.31. The molecule has 6 nitrogen and oxygen atoms in total. The van der Waals surface area contributed by atoms with E-state index in [1.807, 2.05) is 18.2 Å². The molecule has 0 aromatic heterocycles. The Morgan fingerprint density at radius 2 is 1.61 bits per heavy atom. The van der Waals surface area contributed by atoms with Gasteiger partial charge in [0, 0.05) is 5.33 Å². The standard InChI is InChI=1S/C16H21BrO6/c1-3-20-15(18)14(16(19)21-4-2)23-13(10-17)11-22-12-8-6-5-7-9-12/h5-9,13-14H,3-4,10-11H2,1-2H3. The van der Waals surface area contributed by atoms with Crippen LogP contribution in [0.25, 0.3) is 0 Å². The van der Waals surface area contributed by atoms with Gasteiger partial charge in [0.15, 0.2) is 0 Å². The van der Waals surface area contributed by atoms with Crippen molar-refractivity contribution in [3.63, 3.8) is 0 Å². The van der Waals surface area contributed by atoms with E-state index >= 15 is 0 Å². The molecule has 0 fully saturated rings. The molecule has 0 spiro atoms. The minimum absolute atomic E-state index is 0.150. The second-order valence-electron chi connectivity index (χ2n) is 4.42. The SMILES string of the molecule is CCOC(=O)C(OC(CBr)COc1ccccc1)C(=O)OCC. The number of esters is 2. The van der Waals surface area contributed by atoms with E-state index in [4.69, 9.17) is 18.9 Å². The third kappa shape index (κ3) is 7.00. The molecule has 128 valence electrons. The maximum absolute atomic E-state index is 11.9. The van der Waals surface area contributed by atoms with Gasteiger partial charge in [-0.05, 0) is 26.0 Å². The van der Waals surface area contributed by atoms with E-state index in [0.717, 1.165) is 0 Å². The summed E-state index contributed by atoms with van der Waals surface area (Å²) in [6, 6.07) is 9.18. The van der Waals surface area contributed by atoms with Crippen molar-refractivity contribution in [2.45, 2.75) is 26.1 Å². The molecular weight excluding hydrogens is 368 g/mol. The van der Waals surface area contributed by atoms with Crippen LogP contribution in [-0.2, 0) is 23.8 Å². The molecule has 7 heteroatoms. The molecule has 0 amide bonds. The van der Waals surface area contributed by atoms with Gasteiger partial charge in [-0.2, -0.15) is 0 Å². The van der Waals surface area contributed by atoms with Gasteiger partial charge in [0.1, 0.15) is 18.5 Å². The minimum Gasteiger partial charge on any atom is -0.491 e. The molecule has 0 bridgehead atoms. The number of carbonyl (C=O) groups excluding carboxylic acids is 2. The Morgan fingerprint density at radius 3 is 2.09 bits per heavy atom. The maximum Gasteiger partial charge on any atom is 0.347 e. The average Bonchev–Trinajstić information content (AvgIpc) is 2.56. The molecule has 0 aliphatic carbocycles. The van der Waals surface area contributed by atoms with Gasteiger partial charge in [0.2, 0.25) is 0 Å². The van der Waals surface area contributed by atoms with Gasteiger partial charge >= 0.3 is 11.9 Å². The summed E-state index contributed by atoms with van der Waals surface area (Å²) in [5.41, 5.74) is 0. The first-order valence-electron chi connectivity index (χ1n) is 7.34. The lowest BCUT2D eigenvalue weighted by Gasteiger charge is -2.21. The lowest BCUT2D eigenvalue weighted by atomic mass is 10.3. The first-order valence-corrected chi connectivity index (χ1v) is 8.47. The third-order valence-electron chi connectivity index (χ3n) is 2.68. The number of para-hydroxylation sites is 1. The van der Waals surface area contributed by atoms with E-state index in [2.05, 4.69) is 15.9 Å². The van der Waals surface area contributed by atoms with Gasteiger partial charge in [-0.1, -0.05) is 34.1 Å². The van der Waals surface area contributed by atoms with Crippen LogP contribution in [0.2, 0.25) is 0 Å². The van der Waals surface area contributed by atoms with E-state index in [1.54, 1.807) is 26.0 Å². The van der Waals surface area contributed by atoms with Gasteiger partial charge in [0.05, 0.1) is 13.2 Å². The Balaban J connectivity index is 2.65. The topological polar surface area (TPSA) is 71.1 Å². The van der Waals surface area contributed by atoms with Gasteiger partial charge in [-0.25, -0.2) is 9.59 Å². The fourth-order valence-corrected chi connectivity index (χ4v) is 2.00. The average molecular weight is 389 g/mol. The zero-order chi connectivity index (χ0) is 17.1. The minimum atomic E-state index is -1.42. The van der Waals surface area contributed by atoms with Crippen molar-refractivity contribution in [2.24, 2.45) is 0 Å². The summed E-state index contributed by atoms with van der Waals surface area (Å²) >= 11 is 3.28. The highest BCUT2D eigenvalue weighted by Gasteiger charge is 2.33. The van der Waals surface area contributed by atoms with Crippen LogP contribution in [0.4, 0.5) is 0 Å². The molecular formula is C16H21BrO6.